The molecule has 0 bridgehead atoms. The van der Waals surface area contributed by atoms with Crippen LogP contribution in [0.15, 0.2) is 16.9 Å². The molecule has 1 aliphatic rings. The van der Waals surface area contributed by atoms with Gasteiger partial charge >= 0.3 is 0 Å². The van der Waals surface area contributed by atoms with Crippen LogP contribution in [0.1, 0.15) is 0 Å². The van der Waals surface area contributed by atoms with Crippen molar-refractivity contribution >= 4 is 22.8 Å². The number of aromatic nitrogens is 5. The fraction of sp³-hybridized carbons (Fsp3) is 0.412. The van der Waals surface area contributed by atoms with E-state index in [2.05, 4.69) is 20.3 Å². The predicted molar refractivity (Wildman–Crippen MR) is 102 cm³/mol. The zero-order valence-corrected chi connectivity index (χ0v) is 15.7. The van der Waals surface area contributed by atoms with Crippen LogP contribution in [0, 0.1) is 11.6 Å². The topological polar surface area (TPSA) is 118 Å². The number of nitrogens with two attached hydrogens (primary N) is 1. The Kier molecular flexibility index (Phi) is 5.01. The second-order valence-electron chi connectivity index (χ2n) is 6.62. The zero-order chi connectivity index (χ0) is 20.5. The smallest absolute Gasteiger partial charge is 0.282 e. The minimum atomic E-state index is -0.695. The van der Waals surface area contributed by atoms with Crippen LogP contribution in [0.2, 0.25) is 0 Å². The lowest BCUT2D eigenvalue weighted by molar-refractivity contribution is 0.324. The number of piperazine rings is 1. The second-order valence-corrected chi connectivity index (χ2v) is 6.62. The molecule has 0 amide bonds. The van der Waals surface area contributed by atoms with E-state index in [0.717, 1.165) is 12.1 Å². The number of H-pyrrole nitrogens is 1. The van der Waals surface area contributed by atoms with Gasteiger partial charge in [0, 0.05) is 51.9 Å². The van der Waals surface area contributed by atoms with Crippen LogP contribution in [0.4, 0.5) is 20.4 Å². The maximum Gasteiger partial charge on any atom is 0.282 e. The molecule has 0 atom stereocenters. The highest BCUT2D eigenvalue weighted by Crippen LogP contribution is 2.29. The molecule has 4 rings (SSSR count). The fourth-order valence-corrected chi connectivity index (χ4v) is 3.31. The number of rotatable bonds is 5. The van der Waals surface area contributed by atoms with Gasteiger partial charge in [-0.25, -0.2) is 13.5 Å². The fourth-order valence-electron chi connectivity index (χ4n) is 3.31. The lowest BCUT2D eigenvalue weighted by Gasteiger charge is -2.36. The predicted octanol–water partition coefficient (Wildman–Crippen LogP) is -0.00610. The van der Waals surface area contributed by atoms with Crippen molar-refractivity contribution in [3.8, 4) is 5.75 Å². The van der Waals surface area contributed by atoms with Gasteiger partial charge in [-0.1, -0.05) is 5.21 Å². The summed E-state index contributed by atoms with van der Waals surface area (Å²) in [4.78, 5) is 22.7. The lowest BCUT2D eigenvalue weighted by atomic mass is 10.2. The Bertz CT molecular complexity index is 1070. The maximum atomic E-state index is 14.5. The number of hydrogen-bond acceptors (Lipinski definition) is 8. The van der Waals surface area contributed by atoms with Crippen molar-refractivity contribution in [2.75, 3.05) is 49.1 Å². The molecule has 0 aliphatic carbocycles. The summed E-state index contributed by atoms with van der Waals surface area (Å²) in [5, 5.41) is 7.58. The molecule has 1 aromatic carbocycles. The lowest BCUT2D eigenvalue weighted by Crippen LogP contribution is -2.48. The minimum absolute atomic E-state index is 0.0995. The Morgan fingerprint density at radius 1 is 1.17 bits per heavy atom. The summed E-state index contributed by atoms with van der Waals surface area (Å²) < 4.78 is 35.6. The van der Waals surface area contributed by atoms with Crippen LogP contribution in [0.3, 0.4) is 0 Å². The number of benzene rings is 1. The summed E-state index contributed by atoms with van der Waals surface area (Å²) in [5.41, 5.74) is 5.39. The molecule has 3 N–H and O–H groups in total. The van der Waals surface area contributed by atoms with E-state index in [-0.39, 0.29) is 35.7 Å². The third kappa shape index (κ3) is 3.58. The number of aryl methyl sites for hydroxylation is 1. The van der Waals surface area contributed by atoms with E-state index in [1.54, 1.807) is 11.9 Å². The Balaban J connectivity index is 1.51. The van der Waals surface area contributed by atoms with E-state index < -0.39 is 11.6 Å². The Morgan fingerprint density at radius 2 is 1.83 bits per heavy atom. The van der Waals surface area contributed by atoms with E-state index >= 15 is 0 Å². The van der Waals surface area contributed by atoms with Crippen LogP contribution in [0.25, 0.3) is 11.2 Å². The largest absolute Gasteiger partial charge is 0.492 e. The Labute approximate surface area is 163 Å². The van der Waals surface area contributed by atoms with Crippen molar-refractivity contribution in [2.24, 2.45) is 12.8 Å². The van der Waals surface area contributed by atoms with Gasteiger partial charge in [0.25, 0.3) is 5.56 Å². The molecule has 29 heavy (non-hydrogen) atoms. The quantitative estimate of drug-likeness (QED) is 0.608. The summed E-state index contributed by atoms with van der Waals surface area (Å²) in [6, 6.07) is 2.31. The van der Waals surface area contributed by atoms with Gasteiger partial charge in [-0.3, -0.25) is 9.78 Å². The van der Waals surface area contributed by atoms with E-state index in [1.165, 1.54) is 4.68 Å². The molecule has 0 radical (unpaired) electrons. The standard InChI is InChI=1S/C17H20F2N8O2/c1-25-15-13(23-24-25)16(28)22-17(21-15)27-5-3-26(4-6-27)14-11(18)8-10(9-12(14)19)29-7-2-20/h8-9H,2-7,20H2,1H3,(H,21,22,28). The first kappa shape index (κ1) is 19.1. The van der Waals surface area contributed by atoms with Gasteiger partial charge in [0.15, 0.2) is 22.8 Å². The third-order valence-electron chi connectivity index (χ3n) is 4.72. The van der Waals surface area contributed by atoms with Crippen LogP contribution in [-0.4, -0.2) is 64.3 Å². The van der Waals surface area contributed by atoms with Crippen molar-refractivity contribution in [3.05, 3.63) is 34.1 Å². The van der Waals surface area contributed by atoms with Gasteiger partial charge in [-0.15, -0.1) is 5.10 Å². The molecule has 3 heterocycles. The molecule has 0 saturated carbocycles. The molecule has 12 heteroatoms. The summed E-state index contributed by atoms with van der Waals surface area (Å²) in [7, 11) is 1.65. The number of aromatic amines is 1. The molecule has 1 saturated heterocycles. The highest BCUT2D eigenvalue weighted by molar-refractivity contribution is 5.69. The van der Waals surface area contributed by atoms with Gasteiger partial charge in [-0.2, -0.15) is 4.98 Å². The number of ether oxygens (including phenoxy) is 1. The van der Waals surface area contributed by atoms with E-state index in [9.17, 15) is 13.6 Å². The van der Waals surface area contributed by atoms with Gasteiger partial charge < -0.3 is 20.3 Å². The normalized spacial score (nSPS) is 14.6. The first-order valence-electron chi connectivity index (χ1n) is 9.09. The zero-order valence-electron chi connectivity index (χ0n) is 15.7. The molecule has 0 unspecified atom stereocenters. The summed E-state index contributed by atoms with van der Waals surface area (Å²) in [6.07, 6.45) is 0. The van der Waals surface area contributed by atoms with Crippen molar-refractivity contribution in [3.63, 3.8) is 0 Å². The van der Waals surface area contributed by atoms with Crippen molar-refractivity contribution in [2.45, 2.75) is 0 Å². The highest BCUT2D eigenvalue weighted by atomic mass is 19.1. The Morgan fingerprint density at radius 3 is 2.48 bits per heavy atom. The first-order valence-corrected chi connectivity index (χ1v) is 9.09. The number of fused-ring (bicyclic) bond motifs is 1. The summed E-state index contributed by atoms with van der Waals surface area (Å²) in [5.74, 6) is -0.912. The van der Waals surface area contributed by atoms with Crippen LogP contribution < -0.4 is 25.8 Å². The number of anilines is 2. The number of hydrogen-bond donors (Lipinski definition) is 2. The molecular formula is C17H20F2N8O2. The van der Waals surface area contributed by atoms with Gasteiger partial charge in [0.05, 0.1) is 0 Å². The number of nitrogens with one attached hydrogen (secondary N) is 1. The molecule has 10 nitrogen and oxygen atoms in total. The van der Waals surface area contributed by atoms with Crippen LogP contribution in [0.5, 0.6) is 5.75 Å². The highest BCUT2D eigenvalue weighted by Gasteiger charge is 2.25. The average molecular weight is 406 g/mol. The summed E-state index contributed by atoms with van der Waals surface area (Å²) in [6.45, 7) is 1.97. The minimum Gasteiger partial charge on any atom is -0.492 e. The first-order chi connectivity index (χ1) is 14.0. The second kappa shape index (κ2) is 7.62. The van der Waals surface area contributed by atoms with Gasteiger partial charge in [-0.05, 0) is 0 Å². The SMILES string of the molecule is Cn1nnc2c(=O)[nH]c(N3CCN(c4c(F)cc(OCCN)cc4F)CC3)nc21. The van der Waals surface area contributed by atoms with E-state index in [0.29, 0.717) is 37.8 Å². The van der Waals surface area contributed by atoms with Crippen molar-refractivity contribution < 1.29 is 13.5 Å². The van der Waals surface area contributed by atoms with Gasteiger partial charge in [0.1, 0.15) is 18.0 Å². The number of nitrogens with zero attached hydrogens (tertiary/aromatic N) is 6. The van der Waals surface area contributed by atoms with E-state index in [1.807, 2.05) is 4.90 Å². The molecule has 1 fully saturated rings. The summed E-state index contributed by atoms with van der Waals surface area (Å²) >= 11 is 0. The molecular weight excluding hydrogens is 386 g/mol. The van der Waals surface area contributed by atoms with Crippen molar-refractivity contribution in [1.82, 2.24) is 25.0 Å². The molecule has 0 spiro atoms. The van der Waals surface area contributed by atoms with Gasteiger partial charge in [0.2, 0.25) is 5.95 Å². The Hall–Kier alpha value is -3.28. The van der Waals surface area contributed by atoms with Crippen LogP contribution in [-0.2, 0) is 7.05 Å². The molecule has 3 aromatic rings. The van der Waals surface area contributed by atoms with Crippen LogP contribution >= 0.6 is 0 Å². The van der Waals surface area contributed by atoms with Crippen molar-refractivity contribution in [1.29, 1.82) is 0 Å². The molecule has 2 aromatic heterocycles. The molecule has 154 valence electrons. The number of halogens is 2. The third-order valence-corrected chi connectivity index (χ3v) is 4.72. The maximum absolute atomic E-state index is 14.5. The van der Waals surface area contributed by atoms with E-state index in [4.69, 9.17) is 10.5 Å². The molecule has 1 aliphatic heterocycles. The monoisotopic (exact) mass is 406 g/mol. The average Bonchev–Trinajstić information content (AvgIpc) is 3.08.